The zero-order chi connectivity index (χ0) is 17.6. The van der Waals surface area contributed by atoms with Gasteiger partial charge in [-0.25, -0.2) is 0 Å². The van der Waals surface area contributed by atoms with Gasteiger partial charge in [-0.3, -0.25) is 9.59 Å². The minimum atomic E-state index is -0.226. The molecule has 2 aromatic rings. The maximum Gasteiger partial charge on any atom is 0.258 e. The highest BCUT2D eigenvalue weighted by atomic mass is 16.5. The number of carbonyl (C=O) groups excluding carboxylic acids is 2. The molecule has 1 aliphatic heterocycles. The van der Waals surface area contributed by atoms with E-state index >= 15 is 0 Å². The smallest absolute Gasteiger partial charge is 0.258 e. The molecule has 6 nitrogen and oxygen atoms in total. The minimum Gasteiger partial charge on any atom is -0.497 e. The number of carbonyl (C=O) groups is 2. The molecule has 0 spiro atoms. The second kappa shape index (κ2) is 7.70. The Kier molecular flexibility index (Phi) is 5.18. The van der Waals surface area contributed by atoms with Crippen LogP contribution in [0.15, 0.2) is 42.5 Å². The monoisotopic (exact) mass is 340 g/mol. The van der Waals surface area contributed by atoms with Gasteiger partial charge in [-0.15, -0.1) is 0 Å². The van der Waals surface area contributed by atoms with Crippen molar-refractivity contribution in [3.05, 3.63) is 53.6 Å². The quantitative estimate of drug-likeness (QED) is 0.846. The lowest BCUT2D eigenvalue weighted by atomic mass is 10.0. The van der Waals surface area contributed by atoms with E-state index < -0.39 is 0 Å². The Balaban J connectivity index is 1.53. The Morgan fingerprint density at radius 2 is 1.96 bits per heavy atom. The predicted molar refractivity (Wildman–Crippen MR) is 93.7 cm³/mol. The number of aryl methyl sites for hydroxylation is 1. The van der Waals surface area contributed by atoms with Crippen LogP contribution in [0.5, 0.6) is 11.5 Å². The molecule has 0 saturated heterocycles. The number of benzene rings is 2. The summed E-state index contributed by atoms with van der Waals surface area (Å²) in [6.07, 6.45) is 1.15. The van der Waals surface area contributed by atoms with E-state index in [2.05, 4.69) is 10.6 Å². The highest BCUT2D eigenvalue weighted by Crippen LogP contribution is 2.32. The number of anilines is 1. The fourth-order valence-electron chi connectivity index (χ4n) is 2.64. The van der Waals surface area contributed by atoms with Gasteiger partial charge in [-0.05, 0) is 35.7 Å². The number of hydrogen-bond donors (Lipinski definition) is 2. The van der Waals surface area contributed by atoms with E-state index in [0.717, 1.165) is 16.9 Å². The van der Waals surface area contributed by atoms with Crippen LogP contribution in [0.2, 0.25) is 0 Å². The highest BCUT2D eigenvalue weighted by Gasteiger charge is 2.18. The molecule has 0 saturated carbocycles. The van der Waals surface area contributed by atoms with E-state index in [1.54, 1.807) is 13.2 Å². The standard InChI is InChI=1S/C19H20N2O4/c1-24-15-8-5-13(6-9-15)11-20-18(23)12-25-16-4-2-3-14-7-10-17(22)21-19(14)16/h2-6,8-9H,7,10-12H2,1H3,(H,20,23)(H,21,22). The summed E-state index contributed by atoms with van der Waals surface area (Å²) in [7, 11) is 1.61. The molecule has 2 amide bonds. The number of rotatable bonds is 6. The maximum absolute atomic E-state index is 12.0. The zero-order valence-corrected chi connectivity index (χ0v) is 14.0. The molecule has 25 heavy (non-hydrogen) atoms. The van der Waals surface area contributed by atoms with Gasteiger partial charge in [0, 0.05) is 13.0 Å². The normalized spacial score (nSPS) is 12.8. The molecule has 0 fully saturated rings. The number of para-hydroxylation sites is 1. The lowest BCUT2D eigenvalue weighted by Gasteiger charge is -2.20. The summed E-state index contributed by atoms with van der Waals surface area (Å²) < 4.78 is 10.7. The van der Waals surface area contributed by atoms with E-state index in [-0.39, 0.29) is 18.4 Å². The van der Waals surface area contributed by atoms with E-state index in [1.807, 2.05) is 36.4 Å². The number of methoxy groups -OCH3 is 1. The average Bonchev–Trinajstić information content (AvgIpc) is 2.65. The van der Waals surface area contributed by atoms with Gasteiger partial charge in [-0.1, -0.05) is 24.3 Å². The van der Waals surface area contributed by atoms with Crippen molar-refractivity contribution in [1.29, 1.82) is 0 Å². The van der Waals surface area contributed by atoms with Crippen molar-refractivity contribution in [2.45, 2.75) is 19.4 Å². The fourth-order valence-corrected chi connectivity index (χ4v) is 2.64. The number of fused-ring (bicyclic) bond motifs is 1. The van der Waals surface area contributed by atoms with Gasteiger partial charge in [0.1, 0.15) is 11.5 Å². The molecule has 130 valence electrons. The maximum atomic E-state index is 12.0. The summed E-state index contributed by atoms with van der Waals surface area (Å²) in [6, 6.07) is 13.0. The summed E-state index contributed by atoms with van der Waals surface area (Å²) in [6.45, 7) is 0.304. The van der Waals surface area contributed by atoms with Gasteiger partial charge in [0.05, 0.1) is 12.8 Å². The summed E-state index contributed by atoms with van der Waals surface area (Å²) in [4.78, 5) is 23.6. The third-order valence-electron chi connectivity index (χ3n) is 4.01. The van der Waals surface area contributed by atoms with Crippen LogP contribution in [-0.4, -0.2) is 25.5 Å². The first-order chi connectivity index (χ1) is 12.2. The van der Waals surface area contributed by atoms with Crippen molar-refractivity contribution >= 4 is 17.5 Å². The number of hydrogen-bond acceptors (Lipinski definition) is 4. The first-order valence-electron chi connectivity index (χ1n) is 8.10. The second-order valence-electron chi connectivity index (χ2n) is 5.75. The SMILES string of the molecule is COc1ccc(CNC(=O)COc2cccc3c2NC(=O)CC3)cc1. The Labute approximate surface area is 146 Å². The molecular weight excluding hydrogens is 320 g/mol. The molecule has 0 atom stereocenters. The van der Waals surface area contributed by atoms with Gasteiger partial charge >= 0.3 is 0 Å². The third-order valence-corrected chi connectivity index (χ3v) is 4.01. The summed E-state index contributed by atoms with van der Waals surface area (Å²) >= 11 is 0. The average molecular weight is 340 g/mol. The molecule has 0 aliphatic carbocycles. The van der Waals surface area contributed by atoms with E-state index in [0.29, 0.717) is 30.8 Å². The van der Waals surface area contributed by atoms with Crippen LogP contribution in [0, 0.1) is 0 Å². The van der Waals surface area contributed by atoms with Crippen molar-refractivity contribution in [2.75, 3.05) is 19.0 Å². The van der Waals surface area contributed by atoms with Gasteiger partial charge in [0.25, 0.3) is 5.91 Å². The van der Waals surface area contributed by atoms with Crippen LogP contribution < -0.4 is 20.1 Å². The van der Waals surface area contributed by atoms with Crippen molar-refractivity contribution in [2.24, 2.45) is 0 Å². The molecule has 3 rings (SSSR count). The number of ether oxygens (including phenoxy) is 2. The van der Waals surface area contributed by atoms with Crippen molar-refractivity contribution in [1.82, 2.24) is 5.32 Å². The number of nitrogens with one attached hydrogen (secondary N) is 2. The summed E-state index contributed by atoms with van der Waals surface area (Å²) in [5.41, 5.74) is 2.66. The Morgan fingerprint density at radius 3 is 2.72 bits per heavy atom. The van der Waals surface area contributed by atoms with E-state index in [4.69, 9.17) is 9.47 Å². The Morgan fingerprint density at radius 1 is 1.16 bits per heavy atom. The van der Waals surface area contributed by atoms with Crippen LogP contribution in [-0.2, 0) is 22.6 Å². The zero-order valence-electron chi connectivity index (χ0n) is 14.0. The van der Waals surface area contributed by atoms with Crippen molar-refractivity contribution < 1.29 is 19.1 Å². The predicted octanol–water partition coefficient (Wildman–Crippen LogP) is 2.28. The van der Waals surface area contributed by atoms with Gasteiger partial charge in [-0.2, -0.15) is 0 Å². The molecule has 6 heteroatoms. The van der Waals surface area contributed by atoms with Crippen LogP contribution in [0.1, 0.15) is 17.5 Å². The van der Waals surface area contributed by atoms with Crippen LogP contribution >= 0.6 is 0 Å². The first kappa shape index (κ1) is 16.8. The third kappa shape index (κ3) is 4.29. The Hall–Kier alpha value is -3.02. The lowest BCUT2D eigenvalue weighted by molar-refractivity contribution is -0.123. The van der Waals surface area contributed by atoms with Crippen molar-refractivity contribution in [3.8, 4) is 11.5 Å². The van der Waals surface area contributed by atoms with Gasteiger partial charge in [0.2, 0.25) is 5.91 Å². The fraction of sp³-hybridized carbons (Fsp3) is 0.263. The molecular formula is C19H20N2O4. The van der Waals surface area contributed by atoms with Gasteiger partial charge < -0.3 is 20.1 Å². The van der Waals surface area contributed by atoms with E-state index in [1.165, 1.54) is 0 Å². The topological polar surface area (TPSA) is 76.7 Å². The van der Waals surface area contributed by atoms with Crippen LogP contribution in [0.3, 0.4) is 0 Å². The van der Waals surface area contributed by atoms with Crippen LogP contribution in [0.4, 0.5) is 5.69 Å². The molecule has 2 aromatic carbocycles. The molecule has 2 N–H and O–H groups in total. The lowest BCUT2D eigenvalue weighted by Crippen LogP contribution is -2.29. The molecule has 0 bridgehead atoms. The minimum absolute atomic E-state index is 0.0347. The first-order valence-corrected chi connectivity index (χ1v) is 8.10. The molecule has 1 aliphatic rings. The Bertz CT molecular complexity index is 771. The molecule has 0 unspecified atom stereocenters. The van der Waals surface area contributed by atoms with Gasteiger partial charge in [0.15, 0.2) is 6.61 Å². The van der Waals surface area contributed by atoms with Crippen LogP contribution in [0.25, 0.3) is 0 Å². The molecule has 1 heterocycles. The summed E-state index contributed by atoms with van der Waals surface area (Å²) in [5.74, 6) is 1.03. The van der Waals surface area contributed by atoms with E-state index in [9.17, 15) is 9.59 Å². The van der Waals surface area contributed by atoms with Crippen molar-refractivity contribution in [3.63, 3.8) is 0 Å². The number of amides is 2. The largest absolute Gasteiger partial charge is 0.497 e. The molecule has 0 radical (unpaired) electrons. The summed E-state index contributed by atoms with van der Waals surface area (Å²) in [5, 5.41) is 5.62. The molecule has 0 aromatic heterocycles. The highest BCUT2D eigenvalue weighted by molar-refractivity contribution is 5.95. The second-order valence-corrected chi connectivity index (χ2v) is 5.75.